The highest BCUT2D eigenvalue weighted by atomic mass is 32.2. The molecular weight excluding hydrogens is 288 g/mol. The van der Waals surface area contributed by atoms with Crippen molar-refractivity contribution in [3.63, 3.8) is 0 Å². The Morgan fingerprint density at radius 2 is 2.43 bits per heavy atom. The number of carbonyl (C=O) groups is 1. The fourth-order valence-electron chi connectivity index (χ4n) is 1.78. The molecule has 8 heteroatoms. The van der Waals surface area contributed by atoms with E-state index in [0.29, 0.717) is 10.9 Å². The lowest BCUT2D eigenvalue weighted by atomic mass is 10.2. The molecule has 0 unspecified atom stereocenters. The molecule has 0 saturated carbocycles. The van der Waals surface area contributed by atoms with Gasteiger partial charge >= 0.3 is 0 Å². The van der Waals surface area contributed by atoms with Crippen LogP contribution in [0.5, 0.6) is 0 Å². The van der Waals surface area contributed by atoms with Gasteiger partial charge in [0.05, 0.1) is 5.75 Å². The Bertz CT molecular complexity index is 553. The highest BCUT2D eigenvalue weighted by Crippen LogP contribution is 2.12. The van der Waals surface area contributed by atoms with Gasteiger partial charge in [0.2, 0.25) is 11.1 Å². The van der Waals surface area contributed by atoms with Crippen molar-refractivity contribution >= 4 is 17.7 Å². The summed E-state index contributed by atoms with van der Waals surface area (Å²) in [7, 11) is 0. The molecular formula is C13H20N6OS. The zero-order valence-electron chi connectivity index (χ0n) is 12.2. The molecule has 0 bridgehead atoms. The molecule has 114 valence electrons. The molecule has 2 N–H and O–H groups in total. The second-order valence-corrected chi connectivity index (χ2v) is 5.68. The molecule has 0 aliphatic rings. The van der Waals surface area contributed by atoms with Crippen LogP contribution in [0, 0.1) is 0 Å². The van der Waals surface area contributed by atoms with Gasteiger partial charge in [-0.2, -0.15) is 5.10 Å². The van der Waals surface area contributed by atoms with Gasteiger partial charge in [-0.1, -0.05) is 18.7 Å². The summed E-state index contributed by atoms with van der Waals surface area (Å²) in [4.78, 5) is 16.1. The fraction of sp³-hybridized carbons (Fsp3) is 0.538. The number of nitrogens with one attached hydrogen (secondary N) is 2. The van der Waals surface area contributed by atoms with Crippen LogP contribution >= 0.6 is 11.8 Å². The molecule has 0 spiro atoms. The van der Waals surface area contributed by atoms with Crippen molar-refractivity contribution in [1.29, 1.82) is 0 Å². The van der Waals surface area contributed by atoms with E-state index >= 15 is 0 Å². The van der Waals surface area contributed by atoms with Gasteiger partial charge in [-0.25, -0.2) is 4.98 Å². The number of rotatable bonds is 8. The number of aryl methyl sites for hydroxylation is 2. The smallest absolute Gasteiger partial charge is 0.230 e. The maximum absolute atomic E-state index is 11.8. The summed E-state index contributed by atoms with van der Waals surface area (Å²) >= 11 is 1.34. The molecule has 0 aromatic carbocycles. The monoisotopic (exact) mass is 308 g/mol. The lowest BCUT2D eigenvalue weighted by molar-refractivity contribution is -0.119. The summed E-state index contributed by atoms with van der Waals surface area (Å²) in [5, 5.41) is 14.6. The van der Waals surface area contributed by atoms with Crippen molar-refractivity contribution < 1.29 is 4.79 Å². The molecule has 1 amide bonds. The molecule has 2 aromatic rings. The Balaban J connectivity index is 1.66. The standard InChI is InChI=1S/C13H20N6OS/c1-3-11-16-13(18-17-11)21-9-12(20)15-10(2)5-8-19-7-4-6-14-19/h4,6-7,10H,3,5,8-9H2,1-2H3,(H,15,20)(H,16,17,18)/t10-/m0/s1. The van der Waals surface area contributed by atoms with Gasteiger partial charge in [0, 0.05) is 31.4 Å². The third-order valence-corrected chi connectivity index (χ3v) is 3.78. The number of amides is 1. The minimum atomic E-state index is -0.00388. The van der Waals surface area contributed by atoms with E-state index in [9.17, 15) is 4.79 Å². The average Bonchev–Trinajstić information content (AvgIpc) is 3.14. The molecule has 0 aliphatic carbocycles. The molecule has 0 saturated heterocycles. The van der Waals surface area contributed by atoms with Crippen LogP contribution in [0.3, 0.4) is 0 Å². The van der Waals surface area contributed by atoms with Crippen molar-refractivity contribution in [2.45, 2.75) is 44.4 Å². The van der Waals surface area contributed by atoms with Crippen molar-refractivity contribution in [3.05, 3.63) is 24.3 Å². The Kier molecular flexibility index (Phi) is 5.79. The van der Waals surface area contributed by atoms with E-state index in [0.717, 1.165) is 25.2 Å². The van der Waals surface area contributed by atoms with Crippen LogP contribution in [-0.4, -0.2) is 42.7 Å². The van der Waals surface area contributed by atoms with Crippen LogP contribution in [0.4, 0.5) is 0 Å². The van der Waals surface area contributed by atoms with Gasteiger partial charge < -0.3 is 5.32 Å². The van der Waals surface area contributed by atoms with Crippen LogP contribution < -0.4 is 5.32 Å². The van der Waals surface area contributed by atoms with Gasteiger partial charge in [-0.05, 0) is 19.4 Å². The Morgan fingerprint density at radius 1 is 1.57 bits per heavy atom. The van der Waals surface area contributed by atoms with Crippen LogP contribution in [0.25, 0.3) is 0 Å². The van der Waals surface area contributed by atoms with Crippen molar-refractivity contribution in [3.8, 4) is 0 Å². The quantitative estimate of drug-likeness (QED) is 0.717. The second kappa shape index (κ2) is 7.82. The summed E-state index contributed by atoms with van der Waals surface area (Å²) in [5.41, 5.74) is 0. The van der Waals surface area contributed by atoms with Gasteiger partial charge in [0.25, 0.3) is 0 Å². The van der Waals surface area contributed by atoms with E-state index in [1.165, 1.54) is 11.8 Å². The summed E-state index contributed by atoms with van der Waals surface area (Å²) < 4.78 is 1.86. The van der Waals surface area contributed by atoms with Gasteiger partial charge in [-0.15, -0.1) is 5.10 Å². The zero-order valence-corrected chi connectivity index (χ0v) is 13.1. The third-order valence-electron chi connectivity index (χ3n) is 2.94. The van der Waals surface area contributed by atoms with Crippen molar-refractivity contribution in [1.82, 2.24) is 30.3 Å². The summed E-state index contributed by atoms with van der Waals surface area (Å²) in [6.45, 7) is 4.79. The number of nitrogens with zero attached hydrogens (tertiary/aromatic N) is 4. The van der Waals surface area contributed by atoms with Crippen molar-refractivity contribution in [2.24, 2.45) is 0 Å². The molecule has 2 rings (SSSR count). The summed E-state index contributed by atoms with van der Waals surface area (Å²) in [5.74, 6) is 1.16. The first-order chi connectivity index (χ1) is 10.2. The lowest BCUT2D eigenvalue weighted by Crippen LogP contribution is -2.34. The number of aromatic amines is 1. The first kappa shape index (κ1) is 15.6. The molecule has 7 nitrogen and oxygen atoms in total. The molecule has 21 heavy (non-hydrogen) atoms. The molecule has 0 fully saturated rings. The average molecular weight is 308 g/mol. The molecule has 0 aliphatic heterocycles. The number of hydrogen-bond donors (Lipinski definition) is 2. The summed E-state index contributed by atoms with van der Waals surface area (Å²) in [6.07, 6.45) is 5.32. The normalized spacial score (nSPS) is 12.3. The van der Waals surface area contributed by atoms with E-state index < -0.39 is 0 Å². The maximum atomic E-state index is 11.8. The van der Waals surface area contributed by atoms with E-state index in [1.807, 2.05) is 30.8 Å². The lowest BCUT2D eigenvalue weighted by Gasteiger charge is -2.13. The van der Waals surface area contributed by atoms with Crippen molar-refractivity contribution in [2.75, 3.05) is 5.75 Å². The Morgan fingerprint density at radius 3 is 3.10 bits per heavy atom. The van der Waals surface area contributed by atoms with Crippen LogP contribution in [-0.2, 0) is 17.8 Å². The number of H-pyrrole nitrogens is 1. The summed E-state index contributed by atoms with van der Waals surface area (Å²) in [6, 6.07) is 2.00. The maximum Gasteiger partial charge on any atom is 0.230 e. The van der Waals surface area contributed by atoms with Crippen LogP contribution in [0.1, 0.15) is 26.1 Å². The molecule has 2 heterocycles. The number of hydrogen-bond acceptors (Lipinski definition) is 5. The number of aromatic nitrogens is 5. The predicted molar refractivity (Wildman–Crippen MR) is 80.9 cm³/mol. The molecule has 2 aromatic heterocycles. The predicted octanol–water partition coefficient (Wildman–Crippen LogP) is 1.25. The zero-order chi connectivity index (χ0) is 15.1. The van der Waals surface area contributed by atoms with E-state index in [2.05, 4.69) is 25.6 Å². The fourth-order valence-corrected chi connectivity index (χ4v) is 2.41. The minimum absolute atomic E-state index is 0.00388. The van der Waals surface area contributed by atoms with Gasteiger partial charge in [-0.3, -0.25) is 14.6 Å². The first-order valence-electron chi connectivity index (χ1n) is 6.98. The highest BCUT2D eigenvalue weighted by molar-refractivity contribution is 7.99. The molecule has 1 atom stereocenters. The Hall–Kier alpha value is -1.83. The topological polar surface area (TPSA) is 88.5 Å². The number of thioether (sulfide) groups is 1. The van der Waals surface area contributed by atoms with Gasteiger partial charge in [0.1, 0.15) is 5.82 Å². The van der Waals surface area contributed by atoms with Crippen LogP contribution in [0.2, 0.25) is 0 Å². The molecule has 0 radical (unpaired) electrons. The number of carbonyl (C=O) groups excluding carboxylic acids is 1. The SMILES string of the molecule is CCc1nc(SCC(=O)N[C@@H](C)CCn2cccn2)n[nH]1. The minimum Gasteiger partial charge on any atom is -0.353 e. The van der Waals surface area contributed by atoms with E-state index in [-0.39, 0.29) is 11.9 Å². The van der Waals surface area contributed by atoms with E-state index in [4.69, 9.17) is 0 Å². The second-order valence-electron chi connectivity index (χ2n) is 4.73. The van der Waals surface area contributed by atoms with Crippen LogP contribution in [0.15, 0.2) is 23.6 Å². The first-order valence-corrected chi connectivity index (χ1v) is 7.96. The largest absolute Gasteiger partial charge is 0.353 e. The third kappa shape index (κ3) is 5.22. The Labute approximate surface area is 127 Å². The van der Waals surface area contributed by atoms with E-state index in [1.54, 1.807) is 6.20 Å². The van der Waals surface area contributed by atoms with Gasteiger partial charge in [0.15, 0.2) is 0 Å². The highest BCUT2D eigenvalue weighted by Gasteiger charge is 2.10.